The molecule has 0 aliphatic carbocycles. The summed E-state index contributed by atoms with van der Waals surface area (Å²) in [7, 11) is 6.91. The Kier molecular flexibility index (Phi) is 7.70. The molecule has 0 amide bonds. The molecule has 164 valence electrons. The second kappa shape index (κ2) is 10.4. The maximum absolute atomic E-state index is 12.8. The van der Waals surface area contributed by atoms with Crippen LogP contribution in [0.2, 0.25) is 0 Å². The lowest BCUT2D eigenvalue weighted by Gasteiger charge is -2.33. The second-order valence-corrected chi connectivity index (χ2v) is 7.59. The molecule has 1 atom stereocenters. The fraction of sp³-hybridized carbons (Fsp3) is 0.545. The van der Waals surface area contributed by atoms with E-state index in [1.807, 2.05) is 24.1 Å². The van der Waals surface area contributed by atoms with Gasteiger partial charge in [-0.2, -0.15) is 5.10 Å². The number of rotatable bonds is 9. The Bertz CT molecular complexity index is 886. The van der Waals surface area contributed by atoms with Crippen LogP contribution in [-0.4, -0.2) is 69.3 Å². The highest BCUT2D eigenvalue weighted by molar-refractivity contribution is 5.46. The Labute approximate surface area is 178 Å². The minimum absolute atomic E-state index is 0.0567. The van der Waals surface area contributed by atoms with Gasteiger partial charge in [0.15, 0.2) is 11.5 Å². The Morgan fingerprint density at radius 2 is 2.07 bits per heavy atom. The van der Waals surface area contributed by atoms with Crippen LogP contribution in [0.1, 0.15) is 24.4 Å². The number of likely N-dealkylation sites (N-methyl/N-ethyl adjacent to an activating group) is 1. The third-order valence-electron chi connectivity index (χ3n) is 5.59. The van der Waals surface area contributed by atoms with E-state index >= 15 is 0 Å². The van der Waals surface area contributed by atoms with Gasteiger partial charge in [0.1, 0.15) is 0 Å². The average Bonchev–Trinajstić information content (AvgIpc) is 2.77. The van der Waals surface area contributed by atoms with Gasteiger partial charge in [0.25, 0.3) is 5.56 Å². The molecule has 1 unspecified atom stereocenters. The Morgan fingerprint density at radius 1 is 1.23 bits per heavy atom. The molecule has 8 nitrogen and oxygen atoms in total. The molecule has 0 saturated carbocycles. The number of benzene rings is 1. The molecule has 1 aliphatic heterocycles. The topological polar surface area (TPSA) is 69.1 Å². The summed E-state index contributed by atoms with van der Waals surface area (Å²) in [5, 5.41) is 4.48. The van der Waals surface area contributed by atoms with E-state index in [0.29, 0.717) is 13.2 Å². The lowest BCUT2D eigenvalue weighted by atomic mass is 10.0. The first-order valence-corrected chi connectivity index (χ1v) is 10.3. The van der Waals surface area contributed by atoms with Crippen LogP contribution in [0, 0.1) is 0 Å². The summed E-state index contributed by atoms with van der Waals surface area (Å²) in [5.41, 5.74) is 1.82. The molecule has 1 aromatic heterocycles. The zero-order valence-corrected chi connectivity index (χ0v) is 18.3. The number of methoxy groups -OCH3 is 3. The van der Waals surface area contributed by atoms with Crippen LogP contribution in [0.3, 0.4) is 0 Å². The van der Waals surface area contributed by atoms with Gasteiger partial charge >= 0.3 is 0 Å². The number of piperidine rings is 1. The highest BCUT2D eigenvalue weighted by atomic mass is 16.5. The van der Waals surface area contributed by atoms with E-state index in [4.69, 9.17) is 14.2 Å². The Balaban J connectivity index is 1.72. The number of nitrogens with zero attached hydrogens (tertiary/aromatic N) is 4. The maximum atomic E-state index is 12.8. The third kappa shape index (κ3) is 5.12. The van der Waals surface area contributed by atoms with E-state index in [1.54, 1.807) is 38.3 Å². The van der Waals surface area contributed by atoms with Crippen molar-refractivity contribution in [3.8, 4) is 11.5 Å². The van der Waals surface area contributed by atoms with E-state index in [0.717, 1.165) is 55.2 Å². The van der Waals surface area contributed by atoms with Crippen LogP contribution in [0.4, 0.5) is 5.69 Å². The zero-order valence-electron chi connectivity index (χ0n) is 18.3. The molecule has 1 saturated heterocycles. The van der Waals surface area contributed by atoms with Crippen molar-refractivity contribution >= 4 is 5.69 Å². The Hall–Kier alpha value is -2.58. The molecular formula is C22H32N4O4. The first kappa shape index (κ1) is 22.1. The predicted molar refractivity (Wildman–Crippen MR) is 117 cm³/mol. The normalized spacial score (nSPS) is 17.0. The standard InChI is InChI=1S/C22H32N4O4/c1-24(11-12-28-2)19-13-21(27)26(23-14-19)18-8-6-10-25(16-18)15-17-7-5-9-20(29-3)22(17)30-4/h5,7,9,13-14,18H,6,8,10-12,15-16H2,1-4H3. The number of aromatic nitrogens is 2. The lowest BCUT2D eigenvalue weighted by Crippen LogP contribution is -2.40. The molecular weight excluding hydrogens is 384 g/mol. The van der Waals surface area contributed by atoms with Gasteiger partial charge in [-0.3, -0.25) is 9.69 Å². The summed E-state index contributed by atoms with van der Waals surface area (Å²) in [5.74, 6) is 1.50. The minimum Gasteiger partial charge on any atom is -0.493 e. The molecule has 2 aromatic rings. The van der Waals surface area contributed by atoms with Crippen molar-refractivity contribution in [1.29, 1.82) is 0 Å². The van der Waals surface area contributed by atoms with Gasteiger partial charge < -0.3 is 19.1 Å². The van der Waals surface area contributed by atoms with Crippen LogP contribution < -0.4 is 19.9 Å². The van der Waals surface area contributed by atoms with Gasteiger partial charge in [-0.25, -0.2) is 4.68 Å². The van der Waals surface area contributed by atoms with E-state index in [-0.39, 0.29) is 11.6 Å². The highest BCUT2D eigenvalue weighted by Crippen LogP contribution is 2.32. The summed E-state index contributed by atoms with van der Waals surface area (Å²) in [4.78, 5) is 17.1. The van der Waals surface area contributed by atoms with Gasteiger partial charge in [-0.1, -0.05) is 12.1 Å². The van der Waals surface area contributed by atoms with Crippen LogP contribution in [0.25, 0.3) is 0 Å². The van der Waals surface area contributed by atoms with Gasteiger partial charge in [0, 0.05) is 45.4 Å². The van der Waals surface area contributed by atoms with E-state index in [9.17, 15) is 4.79 Å². The molecule has 0 spiro atoms. The van der Waals surface area contributed by atoms with Crippen LogP contribution in [-0.2, 0) is 11.3 Å². The first-order chi connectivity index (χ1) is 14.6. The van der Waals surface area contributed by atoms with Crippen molar-refractivity contribution in [1.82, 2.24) is 14.7 Å². The molecule has 1 aliphatic rings. The van der Waals surface area contributed by atoms with Crippen LogP contribution >= 0.6 is 0 Å². The summed E-state index contributed by atoms with van der Waals surface area (Å²) in [6.45, 7) is 3.80. The number of ether oxygens (including phenoxy) is 3. The van der Waals surface area contributed by atoms with Crippen molar-refractivity contribution in [2.45, 2.75) is 25.4 Å². The summed E-state index contributed by atoms with van der Waals surface area (Å²) >= 11 is 0. The number of anilines is 1. The smallest absolute Gasteiger partial charge is 0.269 e. The first-order valence-electron chi connectivity index (χ1n) is 10.3. The molecule has 0 bridgehead atoms. The molecule has 0 N–H and O–H groups in total. The Morgan fingerprint density at radius 3 is 2.77 bits per heavy atom. The molecule has 1 fully saturated rings. The third-order valence-corrected chi connectivity index (χ3v) is 5.59. The molecule has 0 radical (unpaired) electrons. The van der Waals surface area contributed by atoms with Gasteiger partial charge in [0.2, 0.25) is 0 Å². The lowest BCUT2D eigenvalue weighted by molar-refractivity contribution is 0.158. The van der Waals surface area contributed by atoms with Gasteiger partial charge in [-0.15, -0.1) is 0 Å². The molecule has 3 rings (SSSR count). The number of para-hydroxylation sites is 1. The molecule has 2 heterocycles. The summed E-state index contributed by atoms with van der Waals surface area (Å²) < 4.78 is 17.7. The molecule has 8 heteroatoms. The van der Waals surface area contributed by atoms with Crippen LogP contribution in [0.5, 0.6) is 11.5 Å². The van der Waals surface area contributed by atoms with Gasteiger partial charge in [-0.05, 0) is 25.5 Å². The highest BCUT2D eigenvalue weighted by Gasteiger charge is 2.24. The van der Waals surface area contributed by atoms with Crippen molar-refractivity contribution < 1.29 is 14.2 Å². The van der Waals surface area contributed by atoms with Crippen LogP contribution in [0.15, 0.2) is 35.3 Å². The van der Waals surface area contributed by atoms with Crippen molar-refractivity contribution in [3.05, 3.63) is 46.4 Å². The number of likely N-dealkylation sites (tertiary alicyclic amines) is 1. The van der Waals surface area contributed by atoms with Crippen molar-refractivity contribution in [3.63, 3.8) is 0 Å². The fourth-order valence-corrected chi connectivity index (χ4v) is 3.94. The minimum atomic E-state index is -0.0671. The summed E-state index contributed by atoms with van der Waals surface area (Å²) in [6, 6.07) is 7.65. The largest absolute Gasteiger partial charge is 0.493 e. The maximum Gasteiger partial charge on any atom is 0.269 e. The SMILES string of the molecule is COCCN(C)c1cnn(C2CCCN(Cc3cccc(OC)c3OC)C2)c(=O)c1. The van der Waals surface area contributed by atoms with E-state index < -0.39 is 0 Å². The second-order valence-electron chi connectivity index (χ2n) is 7.59. The number of hydrogen-bond donors (Lipinski definition) is 0. The summed E-state index contributed by atoms with van der Waals surface area (Å²) in [6.07, 6.45) is 3.72. The monoisotopic (exact) mass is 416 g/mol. The predicted octanol–water partition coefficient (Wildman–Crippen LogP) is 2.18. The quantitative estimate of drug-likeness (QED) is 0.621. The average molecular weight is 417 g/mol. The molecule has 30 heavy (non-hydrogen) atoms. The van der Waals surface area contributed by atoms with E-state index in [2.05, 4.69) is 16.1 Å². The van der Waals surface area contributed by atoms with Crippen molar-refractivity contribution in [2.24, 2.45) is 0 Å². The van der Waals surface area contributed by atoms with E-state index in [1.165, 1.54) is 0 Å². The van der Waals surface area contributed by atoms with Crippen molar-refractivity contribution in [2.75, 3.05) is 59.5 Å². The fourth-order valence-electron chi connectivity index (χ4n) is 3.94. The zero-order chi connectivity index (χ0) is 21.5. The van der Waals surface area contributed by atoms with Gasteiger partial charge in [0.05, 0.1) is 38.8 Å². The molecule has 1 aromatic carbocycles. The number of hydrogen-bond acceptors (Lipinski definition) is 7.